The number of aliphatic hydroxyl groups excluding tert-OH is 1. The van der Waals surface area contributed by atoms with E-state index in [1.165, 1.54) is 11.8 Å². The van der Waals surface area contributed by atoms with E-state index in [0.29, 0.717) is 40.0 Å². The van der Waals surface area contributed by atoms with Crippen LogP contribution in [0.15, 0.2) is 66.7 Å². The summed E-state index contributed by atoms with van der Waals surface area (Å²) in [5.74, 6) is 1.60. The third-order valence-corrected chi connectivity index (χ3v) is 7.42. The van der Waals surface area contributed by atoms with Gasteiger partial charge in [0.2, 0.25) is 5.88 Å². The van der Waals surface area contributed by atoms with E-state index in [1.807, 2.05) is 6.07 Å². The monoisotopic (exact) mass is 524 g/mol. The fraction of sp³-hybridized carbons (Fsp3) is 0.429. The number of hydrogen-bond donors (Lipinski definition) is 2. The van der Waals surface area contributed by atoms with Crippen LogP contribution >= 0.6 is 11.6 Å². The highest BCUT2D eigenvalue weighted by Gasteiger charge is 2.28. The van der Waals surface area contributed by atoms with E-state index in [2.05, 4.69) is 38.4 Å². The summed E-state index contributed by atoms with van der Waals surface area (Å²) in [4.78, 5) is 11.2. The molecule has 0 spiro atoms. The molecule has 3 unspecified atom stereocenters. The summed E-state index contributed by atoms with van der Waals surface area (Å²) < 4.78 is 16.4. The maximum atomic E-state index is 11.3. The van der Waals surface area contributed by atoms with Gasteiger partial charge in [-0.05, 0) is 55.9 Å². The molecule has 0 amide bonds. The lowest BCUT2D eigenvalue weighted by molar-refractivity contribution is 0.0842. The van der Waals surface area contributed by atoms with Gasteiger partial charge in [0.05, 0.1) is 31.0 Å². The fourth-order valence-corrected chi connectivity index (χ4v) is 5.54. The van der Waals surface area contributed by atoms with E-state index in [9.17, 15) is 5.11 Å². The third kappa shape index (κ3) is 6.15. The van der Waals surface area contributed by atoms with Crippen molar-refractivity contribution in [1.29, 1.82) is 0 Å². The molecule has 2 aromatic rings. The van der Waals surface area contributed by atoms with Gasteiger partial charge in [-0.1, -0.05) is 29.8 Å². The molecule has 1 aromatic carbocycles. The molecule has 1 aliphatic carbocycles. The topological polar surface area (TPSA) is 89.0 Å². The van der Waals surface area contributed by atoms with Crippen molar-refractivity contribution in [3.05, 3.63) is 77.3 Å². The molecule has 0 saturated carbocycles. The van der Waals surface area contributed by atoms with Crippen molar-refractivity contribution in [2.24, 2.45) is 5.92 Å². The van der Waals surface area contributed by atoms with Crippen LogP contribution in [-0.2, 0) is 9.47 Å². The molecule has 0 bridgehead atoms. The second-order valence-corrected chi connectivity index (χ2v) is 10.0. The lowest BCUT2D eigenvalue weighted by Gasteiger charge is -2.35. The smallest absolute Gasteiger partial charge is 0.232 e. The number of rotatable bonds is 9. The highest BCUT2D eigenvalue weighted by Crippen LogP contribution is 2.32. The zero-order valence-electron chi connectivity index (χ0n) is 21.0. The molecule has 9 heteroatoms. The zero-order valence-corrected chi connectivity index (χ0v) is 21.7. The molecule has 1 fully saturated rings. The summed E-state index contributed by atoms with van der Waals surface area (Å²) in [6, 6.07) is 3.55. The lowest BCUT2D eigenvalue weighted by Crippen LogP contribution is -2.44. The normalized spacial score (nSPS) is 21.5. The molecule has 8 nitrogen and oxygen atoms in total. The molecular formula is C28H33ClN4O4. The van der Waals surface area contributed by atoms with Crippen LogP contribution in [0.3, 0.4) is 0 Å². The SMILES string of the molecule is COc1cnc2ccc(Cl)c(C(O)CN3CCCC(CNC(C4=CC=CCC4)C4=COC=CO4)C3)c2n1. The van der Waals surface area contributed by atoms with E-state index < -0.39 is 6.10 Å². The minimum atomic E-state index is -0.791. The number of aromatic nitrogens is 2. The van der Waals surface area contributed by atoms with Gasteiger partial charge in [0.25, 0.3) is 0 Å². The highest BCUT2D eigenvalue weighted by molar-refractivity contribution is 6.32. The number of halogens is 1. The Bertz CT molecular complexity index is 1230. The van der Waals surface area contributed by atoms with Gasteiger partial charge in [0.15, 0.2) is 5.76 Å². The zero-order chi connectivity index (χ0) is 25.6. The number of aliphatic hydroxyl groups is 1. The first-order valence-electron chi connectivity index (χ1n) is 12.8. The molecule has 196 valence electrons. The molecule has 2 aliphatic heterocycles. The van der Waals surface area contributed by atoms with E-state index in [-0.39, 0.29) is 6.04 Å². The number of ether oxygens (including phenoxy) is 3. The van der Waals surface area contributed by atoms with Gasteiger partial charge in [-0.3, -0.25) is 0 Å². The van der Waals surface area contributed by atoms with Crippen LogP contribution in [-0.4, -0.2) is 59.3 Å². The second-order valence-electron chi connectivity index (χ2n) is 9.62. The van der Waals surface area contributed by atoms with Gasteiger partial charge < -0.3 is 29.5 Å². The molecule has 5 rings (SSSR count). The van der Waals surface area contributed by atoms with Crippen molar-refractivity contribution in [3.63, 3.8) is 0 Å². The van der Waals surface area contributed by atoms with Crippen LogP contribution in [0.5, 0.6) is 5.88 Å². The quantitative estimate of drug-likeness (QED) is 0.491. The van der Waals surface area contributed by atoms with Gasteiger partial charge in [-0.25, -0.2) is 9.97 Å². The Morgan fingerprint density at radius 3 is 3.03 bits per heavy atom. The number of β-amino-alcohol motifs (C(OH)–C–C–N with tert-alkyl or cyclic N) is 1. The van der Waals surface area contributed by atoms with Crippen LogP contribution in [0, 0.1) is 5.92 Å². The molecule has 3 atom stereocenters. The van der Waals surface area contributed by atoms with Gasteiger partial charge in [-0.2, -0.15) is 0 Å². The summed E-state index contributed by atoms with van der Waals surface area (Å²) in [5, 5.41) is 15.5. The van der Waals surface area contributed by atoms with Gasteiger partial charge in [-0.15, -0.1) is 0 Å². The van der Waals surface area contributed by atoms with Crippen LogP contribution < -0.4 is 10.1 Å². The maximum Gasteiger partial charge on any atom is 0.232 e. The molecule has 0 radical (unpaired) electrons. The number of fused-ring (bicyclic) bond motifs is 1. The van der Waals surface area contributed by atoms with E-state index in [1.54, 1.807) is 31.9 Å². The summed E-state index contributed by atoms with van der Waals surface area (Å²) in [6.07, 6.45) is 16.2. The molecule has 1 aromatic heterocycles. The molecule has 2 N–H and O–H groups in total. The van der Waals surface area contributed by atoms with E-state index in [4.69, 9.17) is 25.8 Å². The fourth-order valence-electron chi connectivity index (χ4n) is 5.26. The Balaban J connectivity index is 1.25. The maximum absolute atomic E-state index is 11.3. The van der Waals surface area contributed by atoms with E-state index in [0.717, 1.165) is 51.1 Å². The van der Waals surface area contributed by atoms with Crippen LogP contribution in [0.1, 0.15) is 37.4 Å². The van der Waals surface area contributed by atoms with Crippen molar-refractivity contribution in [2.75, 3.05) is 33.3 Å². The predicted molar refractivity (Wildman–Crippen MR) is 143 cm³/mol. The Morgan fingerprint density at radius 1 is 1.32 bits per heavy atom. The van der Waals surface area contributed by atoms with Crippen molar-refractivity contribution in [1.82, 2.24) is 20.2 Å². The summed E-state index contributed by atoms with van der Waals surface area (Å²) >= 11 is 6.53. The number of benzene rings is 1. The average molecular weight is 525 g/mol. The number of nitrogens with zero attached hydrogens (tertiary/aromatic N) is 3. The Hall–Kier alpha value is -2.91. The first-order chi connectivity index (χ1) is 18.1. The Kier molecular flexibility index (Phi) is 8.41. The van der Waals surface area contributed by atoms with Crippen molar-refractivity contribution < 1.29 is 19.3 Å². The standard InChI is InChI=1S/C28H33ClN4O4/c1-35-25-15-30-22-10-9-21(29)26(28(22)32-25)23(34)17-33-11-5-6-19(16-33)14-31-27(20-7-3-2-4-8-20)24-18-36-12-13-37-24/h2-3,7,9-10,12-13,15,18-19,23,27,31,34H,4-6,8,11,14,16-17H2,1H3. The predicted octanol–water partition coefficient (Wildman–Crippen LogP) is 4.63. The first kappa shape index (κ1) is 25.7. The molecule has 3 aliphatic rings. The van der Waals surface area contributed by atoms with Crippen molar-refractivity contribution >= 4 is 22.6 Å². The second kappa shape index (κ2) is 12.1. The van der Waals surface area contributed by atoms with Crippen LogP contribution in [0.2, 0.25) is 5.02 Å². The number of nitrogens with one attached hydrogen (secondary N) is 1. The minimum absolute atomic E-state index is 0.0288. The van der Waals surface area contributed by atoms with Gasteiger partial charge in [0.1, 0.15) is 24.3 Å². The number of piperidine rings is 1. The van der Waals surface area contributed by atoms with Gasteiger partial charge >= 0.3 is 0 Å². The average Bonchev–Trinajstić information content (AvgIpc) is 2.94. The number of hydrogen-bond acceptors (Lipinski definition) is 8. The third-order valence-electron chi connectivity index (χ3n) is 7.09. The summed E-state index contributed by atoms with van der Waals surface area (Å²) in [6.45, 7) is 3.11. The van der Waals surface area contributed by atoms with Crippen LogP contribution in [0.4, 0.5) is 0 Å². The highest BCUT2D eigenvalue weighted by atomic mass is 35.5. The largest absolute Gasteiger partial charge is 0.480 e. The molecule has 1 saturated heterocycles. The molecular weight excluding hydrogens is 492 g/mol. The van der Waals surface area contributed by atoms with E-state index >= 15 is 0 Å². The summed E-state index contributed by atoms with van der Waals surface area (Å²) in [7, 11) is 1.55. The van der Waals surface area contributed by atoms with Crippen LogP contribution in [0.25, 0.3) is 11.0 Å². The molecule has 3 heterocycles. The first-order valence-corrected chi connectivity index (χ1v) is 13.2. The van der Waals surface area contributed by atoms with Crippen molar-refractivity contribution in [2.45, 2.75) is 37.8 Å². The van der Waals surface area contributed by atoms with Gasteiger partial charge in [0, 0.05) is 30.2 Å². The lowest BCUT2D eigenvalue weighted by atomic mass is 9.93. The number of likely N-dealkylation sites (tertiary alicyclic amines) is 1. The number of methoxy groups -OCH3 is 1. The Morgan fingerprint density at radius 2 is 2.24 bits per heavy atom. The minimum Gasteiger partial charge on any atom is -0.480 e. The Labute approximate surface area is 222 Å². The summed E-state index contributed by atoms with van der Waals surface area (Å²) in [5.41, 5.74) is 3.13. The molecule has 37 heavy (non-hydrogen) atoms. The van der Waals surface area contributed by atoms with Crippen molar-refractivity contribution in [3.8, 4) is 5.88 Å². The number of allylic oxidation sites excluding steroid dienone is 3.